The molecule has 0 radical (unpaired) electrons. The van der Waals surface area contributed by atoms with Crippen LogP contribution in [0.3, 0.4) is 0 Å². The van der Waals surface area contributed by atoms with Gasteiger partial charge in [0.25, 0.3) is 0 Å². The molecule has 5 rings (SSSR count). The average molecular weight is 651 g/mol. The number of imidazole rings is 1. The van der Waals surface area contributed by atoms with Gasteiger partial charge in [-0.3, -0.25) is 0 Å². The number of aromatic nitrogens is 5. The van der Waals surface area contributed by atoms with Gasteiger partial charge in [0.2, 0.25) is 0 Å². The Morgan fingerprint density at radius 2 is 1.94 bits per heavy atom. The van der Waals surface area contributed by atoms with E-state index in [1.165, 1.54) is 48.7 Å². The second-order valence-electron chi connectivity index (χ2n) is 9.68. The summed E-state index contributed by atoms with van der Waals surface area (Å²) in [6.07, 6.45) is -3.43. The highest BCUT2D eigenvalue weighted by atomic mass is 19.4. The fraction of sp³-hybridized carbons (Fsp3) is 0.207. The molecule has 0 aliphatic rings. The normalized spacial score (nSPS) is 11.2. The number of nitrogens with one attached hydrogen (secondary N) is 1. The number of rotatable bonds is 9. The Balaban J connectivity index is 1.62. The van der Waals surface area contributed by atoms with Crippen molar-refractivity contribution in [1.82, 2.24) is 24.8 Å². The quantitative estimate of drug-likeness (QED) is 0.149. The number of urea groups is 1. The number of anilines is 3. The molecule has 0 saturated heterocycles. The Morgan fingerprint density at radius 1 is 1.15 bits per heavy atom. The van der Waals surface area contributed by atoms with E-state index in [0.29, 0.717) is 30.8 Å². The predicted molar refractivity (Wildman–Crippen MR) is 160 cm³/mol. The van der Waals surface area contributed by atoms with Crippen LogP contribution in [0.4, 0.5) is 35.2 Å². The molecule has 2 aromatic carbocycles. The van der Waals surface area contributed by atoms with E-state index >= 15 is 0 Å². The van der Waals surface area contributed by atoms with E-state index in [4.69, 9.17) is 31.1 Å². The fourth-order valence-electron chi connectivity index (χ4n) is 4.50. The number of ether oxygens (including phenoxy) is 1. The Kier molecular flexibility index (Phi) is 9.19. The number of amides is 2. The largest absolute Gasteiger partial charge is 0.493 e. The van der Waals surface area contributed by atoms with Gasteiger partial charge < -0.3 is 30.9 Å². The summed E-state index contributed by atoms with van der Waals surface area (Å²) in [6, 6.07) is 11.7. The van der Waals surface area contributed by atoms with Crippen molar-refractivity contribution >= 4 is 40.2 Å². The Labute approximate surface area is 263 Å². The van der Waals surface area contributed by atoms with E-state index in [-0.39, 0.29) is 62.7 Å². The number of nitrogen functional groups attached to an aromatic ring is 1. The molecule has 3 heterocycles. The van der Waals surface area contributed by atoms with Crippen molar-refractivity contribution in [2.75, 3.05) is 29.3 Å². The standard InChI is InChI=1S/C29H25F3N10O5/c1-2-41-24-20(45-11-5-10-33)15-36-21(22(24)38-26(41)23-25(35)40-47-39-23)17-7-4-9-19(13-17)42(46-27(43)29(30,31)32)28(44)37-18-8-3-6-16(12-18)14-34/h3-4,6-9,12-13,15H,2,5,10-11,33H2,1H3,(H2,35,40)(H,37,44). The van der Waals surface area contributed by atoms with Crippen LogP contribution in [0, 0.1) is 11.3 Å². The molecular formula is C29H25F3N10O5. The summed E-state index contributed by atoms with van der Waals surface area (Å²) in [5.41, 5.74) is 13.0. The minimum atomic E-state index is -5.43. The predicted octanol–water partition coefficient (Wildman–Crippen LogP) is 4.41. The van der Waals surface area contributed by atoms with Gasteiger partial charge in [-0.1, -0.05) is 18.2 Å². The van der Waals surface area contributed by atoms with Crippen LogP contribution in [0.15, 0.2) is 59.4 Å². The van der Waals surface area contributed by atoms with E-state index in [1.54, 1.807) is 10.6 Å². The highest BCUT2D eigenvalue weighted by Crippen LogP contribution is 2.37. The lowest BCUT2D eigenvalue weighted by Crippen LogP contribution is -2.41. The maximum Gasteiger partial charge on any atom is 0.493 e. The van der Waals surface area contributed by atoms with Gasteiger partial charge in [0.1, 0.15) is 11.0 Å². The maximum atomic E-state index is 13.3. The van der Waals surface area contributed by atoms with E-state index < -0.39 is 18.2 Å². The molecule has 0 fully saturated rings. The smallest absolute Gasteiger partial charge is 0.490 e. The number of benzene rings is 2. The lowest BCUT2D eigenvalue weighted by atomic mass is 10.1. The molecule has 0 spiro atoms. The second kappa shape index (κ2) is 13.4. The van der Waals surface area contributed by atoms with Gasteiger partial charge >= 0.3 is 18.2 Å². The van der Waals surface area contributed by atoms with Crippen LogP contribution < -0.4 is 26.6 Å². The molecule has 0 aliphatic carbocycles. The molecule has 0 atom stereocenters. The first-order valence-corrected chi connectivity index (χ1v) is 13.9. The van der Waals surface area contributed by atoms with Crippen LogP contribution in [0.1, 0.15) is 18.9 Å². The van der Waals surface area contributed by atoms with Crippen LogP contribution in [0.2, 0.25) is 0 Å². The summed E-state index contributed by atoms with van der Waals surface area (Å²) in [5.74, 6) is -2.04. The maximum absolute atomic E-state index is 13.3. The molecule has 5 aromatic rings. The van der Waals surface area contributed by atoms with Gasteiger partial charge in [-0.25, -0.2) is 24.2 Å². The molecule has 18 heteroatoms. The summed E-state index contributed by atoms with van der Waals surface area (Å²) < 4.78 is 52.3. The molecule has 0 unspecified atom stereocenters. The number of hydroxylamine groups is 1. The number of alkyl halides is 3. The van der Waals surface area contributed by atoms with Crippen molar-refractivity contribution < 1.29 is 37.0 Å². The van der Waals surface area contributed by atoms with Gasteiger partial charge in [0.15, 0.2) is 23.1 Å². The van der Waals surface area contributed by atoms with E-state index in [9.17, 15) is 22.8 Å². The number of nitrogens with two attached hydrogens (primary N) is 2. The fourth-order valence-corrected chi connectivity index (χ4v) is 4.50. The van der Waals surface area contributed by atoms with E-state index in [1.807, 2.05) is 13.0 Å². The SMILES string of the molecule is CCn1c(-c2nonc2N)nc2c(-c3cccc(N(OC(=O)C(F)(F)F)C(=O)Nc4cccc(C#N)c4)c3)ncc(OCCCN)c21. The number of fused-ring (bicyclic) bond motifs is 1. The topological polar surface area (TPSA) is 213 Å². The van der Waals surface area contributed by atoms with Gasteiger partial charge in [-0.15, -0.1) is 5.06 Å². The third-order valence-corrected chi connectivity index (χ3v) is 6.57. The van der Waals surface area contributed by atoms with Crippen molar-refractivity contribution in [1.29, 1.82) is 5.26 Å². The van der Waals surface area contributed by atoms with E-state index in [2.05, 4.69) is 25.5 Å². The van der Waals surface area contributed by atoms with Gasteiger partial charge in [0.05, 0.1) is 35.8 Å². The minimum absolute atomic E-state index is 0.0226. The van der Waals surface area contributed by atoms with Crippen LogP contribution in [0.5, 0.6) is 5.75 Å². The van der Waals surface area contributed by atoms with Crippen molar-refractivity contribution in [3.8, 4) is 34.6 Å². The number of nitrogens with zero attached hydrogens (tertiary/aromatic N) is 7. The monoisotopic (exact) mass is 650 g/mol. The molecule has 5 N–H and O–H groups in total. The Morgan fingerprint density at radius 3 is 2.62 bits per heavy atom. The molecule has 0 bridgehead atoms. The highest BCUT2D eigenvalue weighted by Gasteiger charge is 2.44. The summed E-state index contributed by atoms with van der Waals surface area (Å²) in [7, 11) is 0. The molecule has 47 heavy (non-hydrogen) atoms. The first-order chi connectivity index (χ1) is 22.5. The summed E-state index contributed by atoms with van der Waals surface area (Å²) in [6.45, 7) is 2.86. The minimum Gasteiger partial charge on any atom is -0.490 e. The third-order valence-electron chi connectivity index (χ3n) is 6.57. The van der Waals surface area contributed by atoms with Gasteiger partial charge in [0, 0.05) is 17.8 Å². The Bertz CT molecular complexity index is 1990. The number of carbonyl (C=O) groups is 2. The van der Waals surface area contributed by atoms with Crippen LogP contribution >= 0.6 is 0 Å². The zero-order valence-electron chi connectivity index (χ0n) is 24.5. The lowest BCUT2D eigenvalue weighted by molar-refractivity contribution is -0.199. The van der Waals surface area contributed by atoms with Crippen LogP contribution in [-0.2, 0) is 16.2 Å². The lowest BCUT2D eigenvalue weighted by Gasteiger charge is -2.22. The number of halogens is 3. The number of nitriles is 1. The molecule has 0 saturated carbocycles. The zero-order valence-corrected chi connectivity index (χ0v) is 24.5. The first kappa shape index (κ1) is 32.2. The molecular weight excluding hydrogens is 625 g/mol. The Hall–Kier alpha value is -6.22. The van der Waals surface area contributed by atoms with Crippen molar-refractivity contribution in [3.05, 3.63) is 60.3 Å². The van der Waals surface area contributed by atoms with Gasteiger partial charge in [-0.05, 0) is 60.5 Å². The highest BCUT2D eigenvalue weighted by molar-refractivity contribution is 6.03. The van der Waals surface area contributed by atoms with Gasteiger partial charge in [-0.2, -0.15) is 18.4 Å². The summed E-state index contributed by atoms with van der Waals surface area (Å²) >= 11 is 0. The van der Waals surface area contributed by atoms with Crippen molar-refractivity contribution in [3.63, 3.8) is 0 Å². The molecule has 0 aliphatic heterocycles. The molecule has 3 aromatic heterocycles. The number of hydrogen-bond acceptors (Lipinski definition) is 12. The average Bonchev–Trinajstić information content (AvgIpc) is 3.66. The van der Waals surface area contributed by atoms with Crippen molar-refractivity contribution in [2.45, 2.75) is 26.1 Å². The van der Waals surface area contributed by atoms with Crippen LogP contribution in [0.25, 0.3) is 33.8 Å². The van der Waals surface area contributed by atoms with E-state index in [0.717, 1.165) is 0 Å². The molecule has 242 valence electrons. The molecule has 15 nitrogen and oxygen atoms in total. The summed E-state index contributed by atoms with van der Waals surface area (Å²) in [5, 5.41) is 19.1. The van der Waals surface area contributed by atoms with Crippen LogP contribution in [-0.4, -0.2) is 56.2 Å². The number of pyridine rings is 1. The van der Waals surface area contributed by atoms with Crippen molar-refractivity contribution in [2.24, 2.45) is 5.73 Å². The summed E-state index contributed by atoms with van der Waals surface area (Å²) in [4.78, 5) is 38.9. The third kappa shape index (κ3) is 6.74. The second-order valence-corrected chi connectivity index (χ2v) is 9.68. The number of aryl methyl sites for hydroxylation is 1. The first-order valence-electron chi connectivity index (χ1n) is 13.9. The number of carbonyl (C=O) groups excluding carboxylic acids is 2. The zero-order chi connectivity index (χ0) is 33.7. The molecule has 2 amide bonds. The number of hydrogen-bond donors (Lipinski definition) is 3.